The zero-order valence-electron chi connectivity index (χ0n) is 9.85. The number of rotatable bonds is 5. The zero-order chi connectivity index (χ0) is 12.8. The first kappa shape index (κ1) is 13.3. The van der Waals surface area contributed by atoms with Crippen LogP contribution in [0.15, 0.2) is 35.8 Å². The van der Waals surface area contributed by atoms with Gasteiger partial charge in [0.1, 0.15) is 0 Å². The second-order valence-electron chi connectivity index (χ2n) is 3.66. The summed E-state index contributed by atoms with van der Waals surface area (Å²) in [6.07, 6.45) is 3.72. The quantitative estimate of drug-likeness (QED) is 0.806. The summed E-state index contributed by atoms with van der Waals surface area (Å²) in [6, 6.07) is -0.493. The van der Waals surface area contributed by atoms with Gasteiger partial charge in [0, 0.05) is 11.8 Å². The lowest BCUT2D eigenvalue weighted by Gasteiger charge is -2.18. The molecule has 1 atom stereocenters. The molecule has 0 bridgehead atoms. The third kappa shape index (κ3) is 3.37. The number of hydrogen-bond acceptors (Lipinski definition) is 3. The van der Waals surface area contributed by atoms with Crippen LogP contribution in [0.3, 0.4) is 0 Å². The minimum atomic E-state index is -2.54. The Labute approximate surface area is 98.8 Å². The van der Waals surface area contributed by atoms with Crippen molar-refractivity contribution in [2.24, 2.45) is 5.73 Å². The lowest BCUT2D eigenvalue weighted by atomic mass is 10.0. The lowest BCUT2D eigenvalue weighted by molar-refractivity contribution is 0.171. The molecule has 94 valence electrons. The van der Waals surface area contributed by atoms with Gasteiger partial charge in [0.15, 0.2) is 0 Å². The van der Waals surface area contributed by atoms with Crippen LogP contribution in [0.5, 0.6) is 0 Å². The average Bonchev–Trinajstić information content (AvgIpc) is 2.81. The fourth-order valence-electron chi connectivity index (χ4n) is 1.57. The van der Waals surface area contributed by atoms with Crippen LogP contribution in [0.4, 0.5) is 8.78 Å². The number of nitrogens with zero attached hydrogens (tertiary/aromatic N) is 3. The molecule has 0 saturated heterocycles. The Bertz CT molecular complexity index is 396. The molecule has 0 fully saturated rings. The lowest BCUT2D eigenvalue weighted by Crippen LogP contribution is -2.17. The molecule has 0 aliphatic heterocycles. The highest BCUT2D eigenvalue weighted by Crippen LogP contribution is 2.27. The van der Waals surface area contributed by atoms with E-state index in [1.54, 1.807) is 13.1 Å². The Morgan fingerprint density at radius 3 is 2.65 bits per heavy atom. The van der Waals surface area contributed by atoms with E-state index in [1.165, 1.54) is 23.2 Å². The van der Waals surface area contributed by atoms with Gasteiger partial charge in [-0.1, -0.05) is 18.2 Å². The van der Waals surface area contributed by atoms with Gasteiger partial charge in [-0.25, -0.2) is 13.5 Å². The molecule has 1 aromatic rings. The van der Waals surface area contributed by atoms with E-state index in [-0.39, 0.29) is 5.57 Å². The molecule has 0 radical (unpaired) electrons. The normalized spacial score (nSPS) is 15.4. The van der Waals surface area contributed by atoms with Crippen LogP contribution >= 0.6 is 0 Å². The number of alkyl halides is 2. The van der Waals surface area contributed by atoms with Crippen molar-refractivity contribution in [3.05, 3.63) is 35.8 Å². The van der Waals surface area contributed by atoms with Crippen molar-refractivity contribution in [1.29, 1.82) is 0 Å². The van der Waals surface area contributed by atoms with Crippen molar-refractivity contribution in [2.45, 2.75) is 32.7 Å². The number of hydrogen-bond donors (Lipinski definition) is 1. The van der Waals surface area contributed by atoms with Crippen molar-refractivity contribution in [1.82, 2.24) is 15.0 Å². The van der Waals surface area contributed by atoms with E-state index in [9.17, 15) is 8.78 Å². The Kier molecular flexibility index (Phi) is 4.81. The Morgan fingerprint density at radius 1 is 1.53 bits per heavy atom. The fourth-order valence-corrected chi connectivity index (χ4v) is 1.57. The van der Waals surface area contributed by atoms with Crippen LogP contribution in [-0.4, -0.2) is 21.4 Å². The summed E-state index contributed by atoms with van der Waals surface area (Å²) >= 11 is 0. The SMILES string of the molecule is CCC(/C(=C\C(C)=C/N)C(F)F)n1ccnn1. The van der Waals surface area contributed by atoms with E-state index < -0.39 is 12.5 Å². The smallest absolute Gasteiger partial charge is 0.262 e. The van der Waals surface area contributed by atoms with E-state index in [4.69, 9.17) is 5.73 Å². The maximum absolute atomic E-state index is 13.0. The van der Waals surface area contributed by atoms with Gasteiger partial charge in [-0.15, -0.1) is 5.10 Å². The van der Waals surface area contributed by atoms with Crippen molar-refractivity contribution in [2.75, 3.05) is 0 Å². The van der Waals surface area contributed by atoms with Crippen LogP contribution in [0.25, 0.3) is 0 Å². The minimum Gasteiger partial charge on any atom is -0.404 e. The Morgan fingerprint density at radius 2 is 2.24 bits per heavy atom. The molecule has 0 aromatic carbocycles. The van der Waals surface area contributed by atoms with Gasteiger partial charge in [-0.3, -0.25) is 0 Å². The van der Waals surface area contributed by atoms with E-state index in [2.05, 4.69) is 10.3 Å². The second kappa shape index (κ2) is 6.12. The maximum Gasteiger partial charge on any atom is 0.262 e. The molecule has 17 heavy (non-hydrogen) atoms. The van der Waals surface area contributed by atoms with Crippen LogP contribution in [-0.2, 0) is 0 Å². The van der Waals surface area contributed by atoms with Crippen LogP contribution in [0.1, 0.15) is 26.3 Å². The van der Waals surface area contributed by atoms with E-state index in [0.29, 0.717) is 12.0 Å². The molecule has 0 amide bonds. The molecule has 1 aromatic heterocycles. The van der Waals surface area contributed by atoms with Crippen molar-refractivity contribution >= 4 is 0 Å². The second-order valence-corrected chi connectivity index (χ2v) is 3.66. The Balaban J connectivity index is 3.09. The molecule has 0 saturated carbocycles. The molecule has 2 N–H and O–H groups in total. The molecule has 1 heterocycles. The van der Waals surface area contributed by atoms with Crippen molar-refractivity contribution in [3.63, 3.8) is 0 Å². The summed E-state index contributed by atoms with van der Waals surface area (Å²) < 4.78 is 27.5. The highest BCUT2D eigenvalue weighted by Gasteiger charge is 2.22. The minimum absolute atomic E-state index is 0.00259. The fraction of sp³-hybridized carbons (Fsp3) is 0.455. The zero-order valence-corrected chi connectivity index (χ0v) is 9.85. The molecule has 0 aliphatic rings. The monoisotopic (exact) mass is 242 g/mol. The number of allylic oxidation sites excluding steroid dienone is 3. The highest BCUT2D eigenvalue weighted by molar-refractivity contribution is 5.25. The van der Waals surface area contributed by atoms with Gasteiger partial charge < -0.3 is 5.73 Å². The molecule has 1 unspecified atom stereocenters. The van der Waals surface area contributed by atoms with Crippen molar-refractivity contribution in [3.8, 4) is 0 Å². The average molecular weight is 242 g/mol. The first-order valence-electron chi connectivity index (χ1n) is 5.34. The predicted molar refractivity (Wildman–Crippen MR) is 61.4 cm³/mol. The van der Waals surface area contributed by atoms with Crippen LogP contribution in [0.2, 0.25) is 0 Å². The summed E-state index contributed by atoms with van der Waals surface area (Å²) in [7, 11) is 0. The van der Waals surface area contributed by atoms with E-state index in [0.717, 1.165) is 0 Å². The number of nitrogens with two attached hydrogens (primary N) is 1. The highest BCUT2D eigenvalue weighted by atomic mass is 19.3. The largest absolute Gasteiger partial charge is 0.404 e. The molecule has 0 spiro atoms. The number of halogens is 2. The summed E-state index contributed by atoms with van der Waals surface area (Å²) in [5.74, 6) is 0. The molecule has 4 nitrogen and oxygen atoms in total. The number of aromatic nitrogens is 3. The molecule has 1 rings (SSSR count). The van der Waals surface area contributed by atoms with Crippen LogP contribution < -0.4 is 5.73 Å². The van der Waals surface area contributed by atoms with Gasteiger partial charge in [0.05, 0.1) is 12.2 Å². The summed E-state index contributed by atoms with van der Waals surface area (Å²) in [5.41, 5.74) is 5.89. The third-order valence-electron chi connectivity index (χ3n) is 2.44. The molecule has 6 heteroatoms. The maximum atomic E-state index is 13.0. The van der Waals surface area contributed by atoms with E-state index >= 15 is 0 Å². The van der Waals surface area contributed by atoms with Gasteiger partial charge in [-0.2, -0.15) is 0 Å². The van der Waals surface area contributed by atoms with Crippen molar-refractivity contribution < 1.29 is 8.78 Å². The van der Waals surface area contributed by atoms with Gasteiger partial charge >= 0.3 is 0 Å². The van der Waals surface area contributed by atoms with Crippen LogP contribution in [0, 0.1) is 0 Å². The summed E-state index contributed by atoms with van der Waals surface area (Å²) in [5, 5.41) is 7.40. The summed E-state index contributed by atoms with van der Waals surface area (Å²) in [6.45, 7) is 3.50. The molecular formula is C11H16F2N4. The topological polar surface area (TPSA) is 56.7 Å². The molecule has 0 aliphatic carbocycles. The third-order valence-corrected chi connectivity index (χ3v) is 2.44. The first-order valence-corrected chi connectivity index (χ1v) is 5.34. The first-order chi connectivity index (χ1) is 8.10. The predicted octanol–water partition coefficient (Wildman–Crippen LogP) is 2.28. The standard InChI is InChI=1S/C11H16F2N4/c1-3-10(17-5-4-15-16-17)9(11(12)13)6-8(2)7-14/h4-7,10-11H,3,14H2,1-2H3/b8-7-,9-6+. The Hall–Kier alpha value is -1.72. The van der Waals surface area contributed by atoms with E-state index in [1.807, 2.05) is 6.92 Å². The van der Waals surface area contributed by atoms with Gasteiger partial charge in [0.25, 0.3) is 6.43 Å². The summed E-state index contributed by atoms with van der Waals surface area (Å²) in [4.78, 5) is 0. The van der Waals surface area contributed by atoms with Gasteiger partial charge in [0.2, 0.25) is 0 Å². The molecular weight excluding hydrogens is 226 g/mol. The van der Waals surface area contributed by atoms with Gasteiger partial charge in [-0.05, 0) is 25.1 Å².